The zero-order valence-corrected chi connectivity index (χ0v) is 10.3. The first-order chi connectivity index (χ1) is 9.06. The Balaban J connectivity index is 1.90. The standard InChI is InChI=1S/C12H13N3O4/c1-8-5-14-11(19-8)6-13-10(16)7-15-4-2-3-9(15)12(17)18/h2-5H,6-7H2,1H3,(H,13,16)(H,17,18). The van der Waals surface area contributed by atoms with E-state index in [-0.39, 0.29) is 24.7 Å². The number of carbonyl (C=O) groups excluding carboxylic acids is 1. The molecule has 19 heavy (non-hydrogen) atoms. The zero-order chi connectivity index (χ0) is 13.8. The second kappa shape index (κ2) is 5.38. The molecule has 2 N–H and O–H groups in total. The predicted octanol–water partition coefficient (Wildman–Crippen LogP) is 0.799. The van der Waals surface area contributed by atoms with Gasteiger partial charge in [-0.2, -0.15) is 0 Å². The number of hydrogen-bond acceptors (Lipinski definition) is 4. The molecular formula is C12H13N3O4. The van der Waals surface area contributed by atoms with Crippen molar-refractivity contribution in [1.29, 1.82) is 0 Å². The molecule has 0 aromatic carbocycles. The highest BCUT2D eigenvalue weighted by atomic mass is 16.4. The van der Waals surface area contributed by atoms with Crippen molar-refractivity contribution in [2.75, 3.05) is 0 Å². The summed E-state index contributed by atoms with van der Waals surface area (Å²) in [5, 5.41) is 11.5. The number of carboxylic acids is 1. The average Bonchev–Trinajstić information content (AvgIpc) is 2.95. The fourth-order valence-corrected chi connectivity index (χ4v) is 1.61. The van der Waals surface area contributed by atoms with Crippen molar-refractivity contribution < 1.29 is 19.1 Å². The van der Waals surface area contributed by atoms with E-state index in [1.807, 2.05) is 0 Å². The van der Waals surface area contributed by atoms with E-state index in [4.69, 9.17) is 9.52 Å². The maximum absolute atomic E-state index is 11.7. The van der Waals surface area contributed by atoms with Gasteiger partial charge in [-0.1, -0.05) is 0 Å². The number of aromatic carboxylic acids is 1. The Morgan fingerprint density at radius 1 is 1.53 bits per heavy atom. The highest BCUT2D eigenvalue weighted by Gasteiger charge is 2.12. The summed E-state index contributed by atoms with van der Waals surface area (Å²) in [7, 11) is 0. The monoisotopic (exact) mass is 263 g/mol. The maximum Gasteiger partial charge on any atom is 0.352 e. The first kappa shape index (κ1) is 12.9. The second-order valence-electron chi connectivity index (χ2n) is 3.97. The van der Waals surface area contributed by atoms with E-state index in [1.54, 1.807) is 25.4 Å². The summed E-state index contributed by atoms with van der Waals surface area (Å²) >= 11 is 0. The number of nitrogens with zero attached hydrogens (tertiary/aromatic N) is 2. The van der Waals surface area contributed by atoms with Crippen LogP contribution in [0.5, 0.6) is 0 Å². The smallest absolute Gasteiger partial charge is 0.352 e. The summed E-state index contributed by atoms with van der Waals surface area (Å²) in [6.45, 7) is 1.88. The van der Waals surface area contributed by atoms with Gasteiger partial charge in [0.25, 0.3) is 0 Å². The molecule has 1 amide bonds. The Labute approximate surface area is 108 Å². The molecule has 0 radical (unpaired) electrons. The molecular weight excluding hydrogens is 250 g/mol. The van der Waals surface area contributed by atoms with E-state index < -0.39 is 5.97 Å². The number of aromatic nitrogens is 2. The molecule has 0 fully saturated rings. The van der Waals surface area contributed by atoms with Crippen LogP contribution < -0.4 is 5.32 Å². The van der Waals surface area contributed by atoms with Crippen LogP contribution in [0.4, 0.5) is 0 Å². The summed E-state index contributed by atoms with van der Waals surface area (Å²) in [5.41, 5.74) is 0.0714. The third kappa shape index (κ3) is 3.21. The molecule has 7 heteroatoms. The highest BCUT2D eigenvalue weighted by molar-refractivity contribution is 5.86. The molecule has 0 aliphatic rings. The molecule has 7 nitrogen and oxygen atoms in total. The number of aryl methyl sites for hydroxylation is 1. The molecule has 0 unspecified atom stereocenters. The Morgan fingerprint density at radius 3 is 2.95 bits per heavy atom. The predicted molar refractivity (Wildman–Crippen MR) is 64.5 cm³/mol. The lowest BCUT2D eigenvalue weighted by molar-refractivity contribution is -0.121. The normalized spacial score (nSPS) is 10.4. The average molecular weight is 263 g/mol. The molecule has 0 atom stereocenters. The Bertz CT molecular complexity index is 600. The lowest BCUT2D eigenvalue weighted by Gasteiger charge is -2.06. The summed E-state index contributed by atoms with van der Waals surface area (Å²) < 4.78 is 6.56. The van der Waals surface area contributed by atoms with Gasteiger partial charge < -0.3 is 19.4 Å². The molecule has 0 saturated carbocycles. The van der Waals surface area contributed by atoms with E-state index >= 15 is 0 Å². The number of carboxylic acid groups (broad SMARTS) is 1. The van der Waals surface area contributed by atoms with Crippen LogP contribution in [0.2, 0.25) is 0 Å². The molecule has 0 saturated heterocycles. The largest absolute Gasteiger partial charge is 0.477 e. The van der Waals surface area contributed by atoms with Crippen LogP contribution in [0.25, 0.3) is 0 Å². The molecule has 0 aliphatic heterocycles. The van der Waals surface area contributed by atoms with Crippen LogP contribution in [-0.4, -0.2) is 26.5 Å². The number of oxazole rings is 1. The first-order valence-corrected chi connectivity index (χ1v) is 5.62. The highest BCUT2D eigenvalue weighted by Crippen LogP contribution is 2.03. The minimum atomic E-state index is -1.07. The third-order valence-electron chi connectivity index (χ3n) is 2.47. The van der Waals surface area contributed by atoms with Crippen LogP contribution in [0.3, 0.4) is 0 Å². The van der Waals surface area contributed by atoms with Gasteiger partial charge in [-0.15, -0.1) is 0 Å². The Hall–Kier alpha value is -2.57. The van der Waals surface area contributed by atoms with Crippen LogP contribution >= 0.6 is 0 Å². The van der Waals surface area contributed by atoms with Gasteiger partial charge in [-0.25, -0.2) is 9.78 Å². The molecule has 2 rings (SSSR count). The summed E-state index contributed by atoms with van der Waals surface area (Å²) in [6, 6.07) is 3.02. The van der Waals surface area contributed by atoms with Crippen molar-refractivity contribution in [3.63, 3.8) is 0 Å². The molecule has 0 bridgehead atoms. The van der Waals surface area contributed by atoms with Crippen molar-refractivity contribution in [2.24, 2.45) is 0 Å². The fraction of sp³-hybridized carbons (Fsp3) is 0.250. The van der Waals surface area contributed by atoms with E-state index in [2.05, 4.69) is 10.3 Å². The van der Waals surface area contributed by atoms with E-state index in [1.165, 1.54) is 10.6 Å². The van der Waals surface area contributed by atoms with Gasteiger partial charge in [-0.05, 0) is 19.1 Å². The Kier molecular flexibility index (Phi) is 3.65. The molecule has 0 aliphatic carbocycles. The number of amides is 1. The number of hydrogen-bond donors (Lipinski definition) is 2. The number of carbonyl (C=O) groups is 2. The molecule has 100 valence electrons. The molecule has 0 spiro atoms. The van der Waals surface area contributed by atoms with Crippen LogP contribution in [-0.2, 0) is 17.9 Å². The molecule has 2 heterocycles. The number of rotatable bonds is 5. The Morgan fingerprint density at radius 2 is 2.32 bits per heavy atom. The second-order valence-corrected chi connectivity index (χ2v) is 3.97. The minimum absolute atomic E-state index is 0.0612. The van der Waals surface area contributed by atoms with Crippen LogP contribution in [0.15, 0.2) is 28.9 Å². The van der Waals surface area contributed by atoms with Crippen molar-refractivity contribution in [3.05, 3.63) is 41.9 Å². The topological polar surface area (TPSA) is 97.4 Å². The van der Waals surface area contributed by atoms with Gasteiger partial charge in [0.15, 0.2) is 0 Å². The van der Waals surface area contributed by atoms with Gasteiger partial charge in [0, 0.05) is 6.20 Å². The maximum atomic E-state index is 11.7. The van der Waals surface area contributed by atoms with Gasteiger partial charge in [0.2, 0.25) is 11.8 Å². The fourth-order valence-electron chi connectivity index (χ4n) is 1.61. The van der Waals surface area contributed by atoms with E-state index in [9.17, 15) is 9.59 Å². The molecule has 2 aromatic rings. The quantitative estimate of drug-likeness (QED) is 0.831. The summed E-state index contributed by atoms with van der Waals surface area (Å²) in [5.74, 6) is -0.296. The van der Waals surface area contributed by atoms with Crippen molar-refractivity contribution in [3.8, 4) is 0 Å². The van der Waals surface area contributed by atoms with Crippen LogP contribution in [0.1, 0.15) is 22.1 Å². The van der Waals surface area contributed by atoms with Crippen molar-refractivity contribution >= 4 is 11.9 Å². The van der Waals surface area contributed by atoms with E-state index in [0.29, 0.717) is 11.7 Å². The van der Waals surface area contributed by atoms with Gasteiger partial charge >= 0.3 is 5.97 Å². The first-order valence-electron chi connectivity index (χ1n) is 5.62. The lowest BCUT2D eigenvalue weighted by atomic mass is 10.4. The van der Waals surface area contributed by atoms with Crippen LogP contribution in [0, 0.1) is 6.92 Å². The minimum Gasteiger partial charge on any atom is -0.477 e. The summed E-state index contributed by atoms with van der Waals surface area (Å²) in [4.78, 5) is 26.5. The van der Waals surface area contributed by atoms with Crippen molar-refractivity contribution in [1.82, 2.24) is 14.9 Å². The summed E-state index contributed by atoms with van der Waals surface area (Å²) in [6.07, 6.45) is 3.11. The van der Waals surface area contributed by atoms with Gasteiger partial charge in [0.1, 0.15) is 18.0 Å². The SMILES string of the molecule is Cc1cnc(CNC(=O)Cn2cccc2C(=O)O)o1. The van der Waals surface area contributed by atoms with Gasteiger partial charge in [-0.3, -0.25) is 4.79 Å². The third-order valence-corrected chi connectivity index (χ3v) is 2.47. The number of nitrogens with one attached hydrogen (secondary N) is 1. The van der Waals surface area contributed by atoms with E-state index in [0.717, 1.165) is 0 Å². The van der Waals surface area contributed by atoms with Crippen molar-refractivity contribution in [2.45, 2.75) is 20.0 Å². The zero-order valence-electron chi connectivity index (χ0n) is 10.3. The molecule has 2 aromatic heterocycles. The van der Waals surface area contributed by atoms with Gasteiger partial charge in [0.05, 0.1) is 12.7 Å². The lowest BCUT2D eigenvalue weighted by Crippen LogP contribution is -2.28.